The lowest BCUT2D eigenvalue weighted by Crippen LogP contribution is -2.58. The molecule has 0 spiro atoms. The van der Waals surface area contributed by atoms with Gasteiger partial charge in [0.15, 0.2) is 0 Å². The highest BCUT2D eigenvalue weighted by Gasteiger charge is 2.31. The first-order valence-electron chi connectivity index (χ1n) is 12.2. The van der Waals surface area contributed by atoms with Gasteiger partial charge in [-0.3, -0.25) is 19.2 Å². The molecule has 1 aromatic rings. The molecule has 4 atom stereocenters. The number of carbonyl (C=O) groups is 5. The molecule has 0 fully saturated rings. The second-order valence-electron chi connectivity index (χ2n) is 9.80. The van der Waals surface area contributed by atoms with Gasteiger partial charge in [0.1, 0.15) is 23.9 Å². The van der Waals surface area contributed by atoms with Crippen molar-refractivity contribution < 1.29 is 34.2 Å². The third-order valence-corrected chi connectivity index (χ3v) is 5.62. The van der Waals surface area contributed by atoms with Crippen LogP contribution in [-0.2, 0) is 30.4 Å². The van der Waals surface area contributed by atoms with Crippen LogP contribution in [0.4, 0.5) is 0 Å². The van der Waals surface area contributed by atoms with E-state index in [2.05, 4.69) is 16.0 Å². The largest absolute Gasteiger partial charge is 0.508 e. The molecule has 0 saturated heterocycles. The molecule has 4 amide bonds. The molecule has 12 nitrogen and oxygen atoms in total. The maximum atomic E-state index is 13.3. The standard InChI is InChI=1S/C25H39N5O7/c1-13(2)11-18(24(35)30-21(14(3)4)25(36)37)29-23(34)19(12-15-5-7-16(31)8-6-15)28-22(33)17(26)9-10-20(27)32/h5-8,13-14,17-19,21,31H,9-12,26H2,1-4H3,(H2,27,32)(H,28,33)(H,29,34)(H,30,35)(H,36,37). The smallest absolute Gasteiger partial charge is 0.326 e. The summed E-state index contributed by atoms with van der Waals surface area (Å²) < 4.78 is 0. The third-order valence-electron chi connectivity index (χ3n) is 5.62. The zero-order valence-electron chi connectivity index (χ0n) is 21.7. The van der Waals surface area contributed by atoms with Crippen LogP contribution in [0, 0.1) is 11.8 Å². The molecule has 0 aliphatic carbocycles. The zero-order valence-corrected chi connectivity index (χ0v) is 21.7. The Morgan fingerprint density at radius 1 is 0.865 bits per heavy atom. The summed E-state index contributed by atoms with van der Waals surface area (Å²) in [4.78, 5) is 61.5. The molecule has 0 aromatic heterocycles. The van der Waals surface area contributed by atoms with Gasteiger partial charge in [-0.25, -0.2) is 4.79 Å². The van der Waals surface area contributed by atoms with Gasteiger partial charge in [-0.1, -0.05) is 39.8 Å². The van der Waals surface area contributed by atoms with E-state index >= 15 is 0 Å². The summed E-state index contributed by atoms with van der Waals surface area (Å²) in [5.41, 5.74) is 11.6. The van der Waals surface area contributed by atoms with Crippen molar-refractivity contribution in [2.24, 2.45) is 23.3 Å². The van der Waals surface area contributed by atoms with E-state index in [-0.39, 0.29) is 43.3 Å². The van der Waals surface area contributed by atoms with Gasteiger partial charge in [-0.05, 0) is 42.4 Å². The van der Waals surface area contributed by atoms with Gasteiger partial charge in [-0.2, -0.15) is 0 Å². The van der Waals surface area contributed by atoms with Crippen LogP contribution >= 0.6 is 0 Å². The number of aliphatic carboxylic acids is 1. The number of carbonyl (C=O) groups excluding carboxylic acids is 4. The first-order valence-corrected chi connectivity index (χ1v) is 12.2. The minimum atomic E-state index is -1.19. The summed E-state index contributed by atoms with van der Waals surface area (Å²) in [5, 5.41) is 26.6. The molecule has 12 heteroatoms. The minimum absolute atomic E-state index is 0.0140. The molecule has 9 N–H and O–H groups in total. The predicted octanol–water partition coefficient (Wildman–Crippen LogP) is -0.231. The van der Waals surface area contributed by atoms with Crippen molar-refractivity contribution in [3.8, 4) is 5.75 Å². The highest BCUT2D eigenvalue weighted by atomic mass is 16.4. The Morgan fingerprint density at radius 2 is 1.41 bits per heavy atom. The number of rotatable bonds is 15. The van der Waals surface area contributed by atoms with Crippen LogP contribution in [0.25, 0.3) is 0 Å². The summed E-state index contributed by atoms with van der Waals surface area (Å²) in [6.45, 7) is 6.99. The molecule has 4 unspecified atom stereocenters. The number of primary amides is 1. The van der Waals surface area contributed by atoms with E-state index < -0.39 is 53.8 Å². The van der Waals surface area contributed by atoms with Crippen LogP contribution in [0.1, 0.15) is 52.5 Å². The minimum Gasteiger partial charge on any atom is -0.508 e. The maximum Gasteiger partial charge on any atom is 0.326 e. The summed E-state index contributed by atoms with van der Waals surface area (Å²) in [7, 11) is 0. The van der Waals surface area contributed by atoms with Crippen LogP contribution in [0.15, 0.2) is 24.3 Å². The molecular formula is C25H39N5O7. The van der Waals surface area contributed by atoms with E-state index in [0.29, 0.717) is 5.56 Å². The van der Waals surface area contributed by atoms with E-state index in [1.54, 1.807) is 26.0 Å². The SMILES string of the molecule is CC(C)CC(NC(=O)C(Cc1ccc(O)cc1)NC(=O)C(N)CCC(N)=O)C(=O)NC(C(=O)O)C(C)C. The molecule has 1 rings (SSSR count). The second kappa shape index (κ2) is 14.8. The predicted molar refractivity (Wildman–Crippen MR) is 136 cm³/mol. The molecule has 0 heterocycles. The van der Waals surface area contributed by atoms with E-state index in [0.717, 1.165) is 0 Å². The number of nitrogens with two attached hydrogens (primary N) is 2. The van der Waals surface area contributed by atoms with Crippen molar-refractivity contribution in [2.75, 3.05) is 0 Å². The van der Waals surface area contributed by atoms with Crippen molar-refractivity contribution in [3.05, 3.63) is 29.8 Å². The number of benzene rings is 1. The van der Waals surface area contributed by atoms with Crippen molar-refractivity contribution >= 4 is 29.6 Å². The number of hydrogen-bond donors (Lipinski definition) is 7. The van der Waals surface area contributed by atoms with Gasteiger partial charge < -0.3 is 37.6 Å². The number of nitrogens with one attached hydrogen (secondary N) is 3. The van der Waals surface area contributed by atoms with Gasteiger partial charge in [-0.15, -0.1) is 0 Å². The zero-order chi connectivity index (χ0) is 28.3. The summed E-state index contributed by atoms with van der Waals surface area (Å²) in [5.74, 6) is -4.22. The lowest BCUT2D eigenvalue weighted by atomic mass is 9.99. The molecule has 37 heavy (non-hydrogen) atoms. The first kappa shape index (κ1) is 31.4. The molecule has 0 saturated carbocycles. The quantitative estimate of drug-likeness (QED) is 0.163. The monoisotopic (exact) mass is 521 g/mol. The Labute approximate surface area is 216 Å². The van der Waals surface area contributed by atoms with Gasteiger partial charge in [0, 0.05) is 12.8 Å². The Hall–Kier alpha value is -3.67. The molecule has 0 aliphatic rings. The van der Waals surface area contributed by atoms with Crippen molar-refractivity contribution in [3.63, 3.8) is 0 Å². The highest BCUT2D eigenvalue weighted by molar-refractivity contribution is 5.94. The molecule has 1 aromatic carbocycles. The fraction of sp³-hybridized carbons (Fsp3) is 0.560. The average molecular weight is 522 g/mol. The number of phenols is 1. The number of phenolic OH excluding ortho intramolecular Hbond substituents is 1. The van der Waals surface area contributed by atoms with Gasteiger partial charge in [0.25, 0.3) is 0 Å². The van der Waals surface area contributed by atoms with Gasteiger partial charge in [0.05, 0.1) is 6.04 Å². The summed E-state index contributed by atoms with van der Waals surface area (Å²) >= 11 is 0. The van der Waals surface area contributed by atoms with Gasteiger partial charge in [0.2, 0.25) is 23.6 Å². The number of amides is 4. The second-order valence-corrected chi connectivity index (χ2v) is 9.80. The lowest BCUT2D eigenvalue weighted by molar-refractivity contribution is -0.143. The Kier molecular flexibility index (Phi) is 12.5. The fourth-order valence-electron chi connectivity index (χ4n) is 3.53. The lowest BCUT2D eigenvalue weighted by Gasteiger charge is -2.27. The number of carboxylic acids is 1. The van der Waals surface area contributed by atoms with E-state index in [4.69, 9.17) is 11.5 Å². The van der Waals surface area contributed by atoms with E-state index in [1.165, 1.54) is 12.1 Å². The molecule has 0 aliphatic heterocycles. The molecule has 206 valence electrons. The Balaban J connectivity index is 3.13. The average Bonchev–Trinajstić information content (AvgIpc) is 2.80. The normalized spacial score (nSPS) is 14.4. The van der Waals surface area contributed by atoms with Crippen molar-refractivity contribution in [1.82, 2.24) is 16.0 Å². The topological polar surface area (TPSA) is 214 Å². The van der Waals surface area contributed by atoms with Crippen LogP contribution in [0.5, 0.6) is 5.75 Å². The van der Waals surface area contributed by atoms with Gasteiger partial charge >= 0.3 is 5.97 Å². The summed E-state index contributed by atoms with van der Waals surface area (Å²) in [6, 6.07) is 1.56. The van der Waals surface area contributed by atoms with Crippen LogP contribution < -0.4 is 27.4 Å². The summed E-state index contributed by atoms with van der Waals surface area (Å²) in [6.07, 6.45) is 0.111. The molecule has 0 radical (unpaired) electrons. The van der Waals surface area contributed by atoms with Crippen LogP contribution in [0.2, 0.25) is 0 Å². The van der Waals surface area contributed by atoms with Crippen molar-refractivity contribution in [2.45, 2.75) is 77.5 Å². The highest BCUT2D eigenvalue weighted by Crippen LogP contribution is 2.13. The number of carboxylic acid groups (broad SMARTS) is 1. The van der Waals surface area contributed by atoms with E-state index in [1.807, 2.05) is 13.8 Å². The number of aromatic hydroxyl groups is 1. The number of hydrogen-bond acceptors (Lipinski definition) is 7. The van der Waals surface area contributed by atoms with Crippen LogP contribution in [-0.4, -0.2) is 64.0 Å². The van der Waals surface area contributed by atoms with Crippen molar-refractivity contribution in [1.29, 1.82) is 0 Å². The first-order chi connectivity index (χ1) is 17.2. The Bertz CT molecular complexity index is 949. The fourth-order valence-corrected chi connectivity index (χ4v) is 3.53. The van der Waals surface area contributed by atoms with E-state index in [9.17, 15) is 34.2 Å². The van der Waals surface area contributed by atoms with Crippen LogP contribution in [0.3, 0.4) is 0 Å². The molecular weight excluding hydrogens is 482 g/mol. The molecule has 0 bridgehead atoms. The Morgan fingerprint density at radius 3 is 1.89 bits per heavy atom. The maximum absolute atomic E-state index is 13.3. The third kappa shape index (κ3) is 11.3.